The van der Waals surface area contributed by atoms with Crippen LogP contribution >= 0.6 is 0 Å². The lowest BCUT2D eigenvalue weighted by Crippen LogP contribution is -2.21. The zero-order chi connectivity index (χ0) is 9.80. The second kappa shape index (κ2) is 4.13. The monoisotopic (exact) mass is 189 g/mol. The summed E-state index contributed by atoms with van der Waals surface area (Å²) in [5.41, 5.74) is 6.70. The van der Waals surface area contributed by atoms with Crippen molar-refractivity contribution in [1.29, 1.82) is 0 Å². The van der Waals surface area contributed by atoms with Gasteiger partial charge in [0.1, 0.15) is 5.82 Å². The van der Waals surface area contributed by atoms with Crippen molar-refractivity contribution in [3.63, 3.8) is 0 Å². The van der Waals surface area contributed by atoms with Crippen LogP contribution in [0.25, 0.3) is 0 Å². The Balaban J connectivity index is 2.03. The summed E-state index contributed by atoms with van der Waals surface area (Å²) < 4.78 is 0. The van der Waals surface area contributed by atoms with Crippen molar-refractivity contribution >= 4 is 11.5 Å². The lowest BCUT2D eigenvalue weighted by Gasteiger charge is -2.20. The Labute approximate surface area is 84.0 Å². The topological polar surface area (TPSA) is 50.9 Å². The van der Waals surface area contributed by atoms with Crippen molar-refractivity contribution in [2.75, 3.05) is 11.1 Å². The van der Waals surface area contributed by atoms with Crippen molar-refractivity contribution in [1.82, 2.24) is 4.98 Å². The molecule has 0 saturated carbocycles. The minimum Gasteiger partial charge on any atom is -0.382 e. The molecule has 1 unspecified atom stereocenters. The maximum Gasteiger partial charge on any atom is 0.146 e. The molecule has 0 spiro atoms. The highest BCUT2D eigenvalue weighted by atomic mass is 15.0. The zero-order valence-corrected chi connectivity index (χ0v) is 8.11. The molecule has 1 aromatic rings. The van der Waals surface area contributed by atoms with Gasteiger partial charge in [0, 0.05) is 12.2 Å². The van der Waals surface area contributed by atoms with Crippen LogP contribution in [0.2, 0.25) is 0 Å². The normalized spacial score (nSPS) is 20.7. The Morgan fingerprint density at radius 3 is 3.07 bits per heavy atom. The number of nitrogens with one attached hydrogen (secondary N) is 1. The van der Waals surface area contributed by atoms with Crippen LogP contribution in [0.15, 0.2) is 30.5 Å². The molecule has 0 fully saturated rings. The van der Waals surface area contributed by atoms with Crippen molar-refractivity contribution in [2.24, 2.45) is 0 Å². The van der Waals surface area contributed by atoms with E-state index in [1.807, 2.05) is 12.1 Å². The highest BCUT2D eigenvalue weighted by Crippen LogP contribution is 2.20. The lowest BCUT2D eigenvalue weighted by molar-refractivity contribution is 0.645. The fourth-order valence-corrected chi connectivity index (χ4v) is 1.68. The van der Waals surface area contributed by atoms with E-state index in [0.717, 1.165) is 18.5 Å². The Bertz CT molecular complexity index is 333. The van der Waals surface area contributed by atoms with Crippen molar-refractivity contribution < 1.29 is 0 Å². The molecule has 1 aliphatic rings. The quantitative estimate of drug-likeness (QED) is 0.701. The molecule has 14 heavy (non-hydrogen) atoms. The zero-order valence-electron chi connectivity index (χ0n) is 8.11. The maximum atomic E-state index is 5.75. The first-order chi connectivity index (χ1) is 6.86. The summed E-state index contributed by atoms with van der Waals surface area (Å²) in [4.78, 5) is 4.04. The average Bonchev–Trinajstić information content (AvgIpc) is 2.23. The van der Waals surface area contributed by atoms with Crippen LogP contribution in [0.3, 0.4) is 0 Å². The number of hydrogen-bond acceptors (Lipinski definition) is 3. The molecule has 3 N–H and O–H groups in total. The predicted molar refractivity (Wildman–Crippen MR) is 59.1 cm³/mol. The standard InChI is InChI=1S/C11H15N3/c12-11-10(7-4-8-13-11)14-9-5-2-1-3-6-9/h1-2,4,7-9,14H,3,5-6H2,(H2,12,13). The van der Waals surface area contributed by atoms with Crippen LogP contribution < -0.4 is 11.1 Å². The van der Waals surface area contributed by atoms with E-state index in [0.29, 0.717) is 11.9 Å². The van der Waals surface area contributed by atoms with E-state index in [4.69, 9.17) is 5.73 Å². The number of aromatic nitrogens is 1. The smallest absolute Gasteiger partial charge is 0.146 e. The molecule has 1 atom stereocenters. The summed E-state index contributed by atoms with van der Waals surface area (Å²) in [6, 6.07) is 4.38. The summed E-state index contributed by atoms with van der Waals surface area (Å²) >= 11 is 0. The molecular formula is C11H15N3. The first-order valence-corrected chi connectivity index (χ1v) is 4.98. The first kappa shape index (κ1) is 9.06. The van der Waals surface area contributed by atoms with E-state index in [9.17, 15) is 0 Å². The van der Waals surface area contributed by atoms with Gasteiger partial charge < -0.3 is 11.1 Å². The van der Waals surface area contributed by atoms with E-state index in [1.165, 1.54) is 6.42 Å². The minimum absolute atomic E-state index is 0.506. The van der Waals surface area contributed by atoms with Crippen LogP contribution in [0.4, 0.5) is 11.5 Å². The highest BCUT2D eigenvalue weighted by molar-refractivity contribution is 5.61. The molecule has 2 rings (SSSR count). The van der Waals surface area contributed by atoms with Crippen molar-refractivity contribution in [2.45, 2.75) is 25.3 Å². The number of hydrogen-bond donors (Lipinski definition) is 2. The number of nitrogen functional groups attached to an aromatic ring is 1. The average molecular weight is 189 g/mol. The van der Waals surface area contributed by atoms with Gasteiger partial charge in [-0.2, -0.15) is 0 Å². The third-order valence-electron chi connectivity index (χ3n) is 2.47. The van der Waals surface area contributed by atoms with E-state index in [1.54, 1.807) is 6.20 Å². The Morgan fingerprint density at radius 2 is 2.36 bits per heavy atom. The van der Waals surface area contributed by atoms with Crippen LogP contribution in [0, 0.1) is 0 Å². The largest absolute Gasteiger partial charge is 0.382 e. The van der Waals surface area contributed by atoms with Gasteiger partial charge in [-0.1, -0.05) is 12.2 Å². The number of pyridine rings is 1. The number of allylic oxidation sites excluding steroid dienone is 1. The first-order valence-electron chi connectivity index (χ1n) is 4.98. The molecule has 0 saturated heterocycles. The summed E-state index contributed by atoms with van der Waals surface area (Å²) in [6.45, 7) is 0. The molecule has 3 heteroatoms. The molecule has 74 valence electrons. The van der Waals surface area contributed by atoms with Crippen molar-refractivity contribution in [3.05, 3.63) is 30.5 Å². The molecular weight excluding hydrogens is 174 g/mol. The van der Waals surface area contributed by atoms with Gasteiger partial charge in [-0.05, 0) is 31.4 Å². The molecule has 0 amide bonds. The molecule has 0 bridgehead atoms. The fourth-order valence-electron chi connectivity index (χ4n) is 1.68. The van der Waals surface area contributed by atoms with Crippen molar-refractivity contribution in [3.8, 4) is 0 Å². The van der Waals surface area contributed by atoms with Gasteiger partial charge in [0.15, 0.2) is 0 Å². The summed E-state index contributed by atoms with van der Waals surface area (Å²) in [5, 5.41) is 3.41. The molecule has 3 nitrogen and oxygen atoms in total. The van der Waals surface area contributed by atoms with Gasteiger partial charge in [-0.3, -0.25) is 0 Å². The summed E-state index contributed by atoms with van der Waals surface area (Å²) in [7, 11) is 0. The van der Waals surface area contributed by atoms with Crippen LogP contribution in [-0.2, 0) is 0 Å². The Morgan fingerprint density at radius 1 is 1.43 bits per heavy atom. The molecule has 1 aromatic heterocycles. The van der Waals surface area contributed by atoms with Gasteiger partial charge in [-0.25, -0.2) is 4.98 Å². The van der Waals surface area contributed by atoms with Gasteiger partial charge in [-0.15, -0.1) is 0 Å². The second-order valence-electron chi connectivity index (χ2n) is 3.56. The fraction of sp³-hybridized carbons (Fsp3) is 0.364. The second-order valence-corrected chi connectivity index (χ2v) is 3.56. The third kappa shape index (κ3) is 2.05. The van der Waals surface area contributed by atoms with E-state index >= 15 is 0 Å². The molecule has 0 radical (unpaired) electrons. The van der Waals surface area contributed by atoms with Gasteiger partial charge in [0.05, 0.1) is 5.69 Å². The van der Waals surface area contributed by atoms with E-state index in [2.05, 4.69) is 22.5 Å². The predicted octanol–water partition coefficient (Wildman–Crippen LogP) is 2.18. The Kier molecular flexibility index (Phi) is 2.68. The van der Waals surface area contributed by atoms with Gasteiger partial charge >= 0.3 is 0 Å². The van der Waals surface area contributed by atoms with E-state index in [-0.39, 0.29) is 0 Å². The SMILES string of the molecule is Nc1ncccc1NC1CC=CCC1. The third-order valence-corrected chi connectivity index (χ3v) is 2.47. The number of nitrogens with zero attached hydrogens (tertiary/aromatic N) is 1. The van der Waals surface area contributed by atoms with Crippen LogP contribution in [0.5, 0.6) is 0 Å². The lowest BCUT2D eigenvalue weighted by atomic mass is 10.0. The summed E-state index contributed by atoms with van der Waals surface area (Å²) in [6.07, 6.45) is 9.55. The minimum atomic E-state index is 0.506. The highest BCUT2D eigenvalue weighted by Gasteiger charge is 2.10. The maximum absolute atomic E-state index is 5.75. The molecule has 1 aliphatic carbocycles. The van der Waals surface area contributed by atoms with Crippen LogP contribution in [-0.4, -0.2) is 11.0 Å². The molecule has 0 aromatic carbocycles. The Hall–Kier alpha value is -1.51. The number of anilines is 2. The molecule has 1 heterocycles. The summed E-state index contributed by atoms with van der Waals surface area (Å²) in [5.74, 6) is 0.585. The van der Waals surface area contributed by atoms with Gasteiger partial charge in [0.25, 0.3) is 0 Å². The van der Waals surface area contributed by atoms with Gasteiger partial charge in [0.2, 0.25) is 0 Å². The number of nitrogens with two attached hydrogens (primary N) is 1. The van der Waals surface area contributed by atoms with Crippen LogP contribution in [0.1, 0.15) is 19.3 Å². The number of rotatable bonds is 2. The molecule has 0 aliphatic heterocycles. The van der Waals surface area contributed by atoms with E-state index < -0.39 is 0 Å².